The van der Waals surface area contributed by atoms with Gasteiger partial charge in [-0.15, -0.1) is 0 Å². The highest BCUT2D eigenvalue weighted by Gasteiger charge is 2.26. The number of likely N-dealkylation sites (tertiary alicyclic amines) is 1. The normalized spacial score (nSPS) is 23.7. The molecule has 1 atom stereocenters. The molecule has 88 valence electrons. The summed E-state index contributed by atoms with van der Waals surface area (Å²) in [5, 5.41) is 11.8. The van der Waals surface area contributed by atoms with Crippen LogP contribution < -0.4 is 5.32 Å². The molecule has 4 nitrogen and oxygen atoms in total. The maximum Gasteiger partial charge on any atom is 0.320 e. The zero-order valence-electron chi connectivity index (χ0n) is 9.99. The molecule has 0 radical (unpaired) electrons. The molecule has 0 amide bonds. The van der Waals surface area contributed by atoms with Crippen molar-refractivity contribution in [2.75, 3.05) is 33.7 Å². The Balaban J connectivity index is 2.22. The minimum atomic E-state index is -0.762. The lowest BCUT2D eigenvalue weighted by Gasteiger charge is -2.37. The summed E-state index contributed by atoms with van der Waals surface area (Å²) in [6.07, 6.45) is 2.40. The van der Waals surface area contributed by atoms with Crippen molar-refractivity contribution in [3.63, 3.8) is 0 Å². The number of piperidine rings is 1. The maximum absolute atomic E-state index is 10.6. The molecule has 1 heterocycles. The molecule has 1 fully saturated rings. The largest absolute Gasteiger partial charge is 0.480 e. The van der Waals surface area contributed by atoms with E-state index in [0.29, 0.717) is 5.92 Å². The quantitative estimate of drug-likeness (QED) is 0.673. The highest BCUT2D eigenvalue weighted by molar-refractivity contribution is 5.72. The van der Waals surface area contributed by atoms with Gasteiger partial charge in [0, 0.05) is 12.8 Å². The first kappa shape index (κ1) is 12.5. The van der Waals surface area contributed by atoms with Crippen LogP contribution in [0.1, 0.15) is 19.8 Å². The van der Waals surface area contributed by atoms with Crippen molar-refractivity contribution in [1.82, 2.24) is 5.32 Å². The monoisotopic (exact) mass is 215 g/mol. The van der Waals surface area contributed by atoms with Crippen LogP contribution in [-0.4, -0.2) is 55.3 Å². The summed E-state index contributed by atoms with van der Waals surface area (Å²) < 4.78 is 1.10. The van der Waals surface area contributed by atoms with E-state index in [1.807, 2.05) is 0 Å². The van der Waals surface area contributed by atoms with Crippen molar-refractivity contribution in [2.24, 2.45) is 5.92 Å². The fourth-order valence-corrected chi connectivity index (χ4v) is 1.96. The lowest BCUT2D eigenvalue weighted by atomic mass is 9.95. The zero-order chi connectivity index (χ0) is 11.5. The molecule has 0 aromatic carbocycles. The molecule has 1 rings (SSSR count). The van der Waals surface area contributed by atoms with Gasteiger partial charge in [-0.1, -0.05) is 0 Å². The molecule has 1 aliphatic heterocycles. The number of nitrogens with one attached hydrogen (secondary N) is 1. The molecule has 15 heavy (non-hydrogen) atoms. The van der Waals surface area contributed by atoms with E-state index in [0.717, 1.165) is 11.0 Å². The van der Waals surface area contributed by atoms with Gasteiger partial charge in [0.15, 0.2) is 0 Å². The summed E-state index contributed by atoms with van der Waals surface area (Å²) in [4.78, 5) is 10.6. The van der Waals surface area contributed by atoms with Gasteiger partial charge < -0.3 is 14.9 Å². The highest BCUT2D eigenvalue weighted by Crippen LogP contribution is 2.19. The molecular weight excluding hydrogens is 192 g/mol. The van der Waals surface area contributed by atoms with Crippen molar-refractivity contribution < 1.29 is 14.4 Å². The van der Waals surface area contributed by atoms with Crippen LogP contribution in [-0.2, 0) is 4.79 Å². The van der Waals surface area contributed by atoms with E-state index in [2.05, 4.69) is 19.4 Å². The third kappa shape index (κ3) is 4.18. The number of nitrogens with zero attached hydrogens (tertiary/aromatic N) is 1. The van der Waals surface area contributed by atoms with Gasteiger partial charge in [-0.05, 0) is 19.4 Å². The molecule has 0 aliphatic carbocycles. The summed E-state index contributed by atoms with van der Waals surface area (Å²) in [5.41, 5.74) is 0. The molecule has 0 saturated carbocycles. The minimum Gasteiger partial charge on any atom is -0.480 e. The summed E-state index contributed by atoms with van der Waals surface area (Å²) in [7, 11) is 4.51. The molecule has 2 N–H and O–H groups in total. The van der Waals surface area contributed by atoms with Crippen LogP contribution in [0, 0.1) is 5.92 Å². The predicted molar refractivity (Wildman–Crippen MR) is 59.7 cm³/mol. The van der Waals surface area contributed by atoms with Crippen LogP contribution in [0.2, 0.25) is 0 Å². The topological polar surface area (TPSA) is 49.3 Å². The zero-order valence-corrected chi connectivity index (χ0v) is 9.99. The fourth-order valence-electron chi connectivity index (χ4n) is 1.96. The Hall–Kier alpha value is -0.610. The van der Waals surface area contributed by atoms with Gasteiger partial charge in [0.25, 0.3) is 0 Å². The second kappa shape index (κ2) is 4.94. The van der Waals surface area contributed by atoms with Gasteiger partial charge in [-0.3, -0.25) is 4.79 Å². The number of hydrogen-bond donors (Lipinski definition) is 2. The smallest absolute Gasteiger partial charge is 0.320 e. The second-order valence-electron chi connectivity index (χ2n) is 5.29. The lowest BCUT2D eigenvalue weighted by molar-refractivity contribution is -0.896. The summed E-state index contributed by atoms with van der Waals surface area (Å²) in [6.45, 7) is 4.94. The van der Waals surface area contributed by atoms with Gasteiger partial charge in [-0.2, -0.15) is 0 Å². The Morgan fingerprint density at radius 3 is 2.47 bits per heavy atom. The Bertz CT molecular complexity index is 219. The predicted octanol–water partition coefficient (Wildman–Crippen LogP) is 0.536. The van der Waals surface area contributed by atoms with Crippen LogP contribution in [0.15, 0.2) is 0 Å². The van der Waals surface area contributed by atoms with E-state index in [4.69, 9.17) is 5.11 Å². The third-order valence-electron chi connectivity index (χ3n) is 3.37. The average Bonchev–Trinajstić information content (AvgIpc) is 2.15. The van der Waals surface area contributed by atoms with Crippen molar-refractivity contribution in [3.8, 4) is 0 Å². The van der Waals surface area contributed by atoms with Crippen LogP contribution in [0.3, 0.4) is 0 Å². The Kier molecular flexibility index (Phi) is 4.11. The highest BCUT2D eigenvalue weighted by atomic mass is 16.4. The van der Waals surface area contributed by atoms with E-state index in [-0.39, 0.29) is 0 Å². The van der Waals surface area contributed by atoms with E-state index in [1.54, 1.807) is 6.92 Å². The van der Waals surface area contributed by atoms with Gasteiger partial charge in [-0.25, -0.2) is 0 Å². The molecule has 1 aliphatic rings. The van der Waals surface area contributed by atoms with E-state index in [1.165, 1.54) is 25.9 Å². The van der Waals surface area contributed by atoms with Gasteiger partial charge in [0.2, 0.25) is 0 Å². The Morgan fingerprint density at radius 2 is 2.00 bits per heavy atom. The number of rotatable bonds is 4. The second-order valence-corrected chi connectivity index (χ2v) is 5.29. The number of carbonyl (C=O) groups is 1. The first-order valence-electron chi connectivity index (χ1n) is 5.69. The SMILES string of the molecule is C[C@H](NCC1CC[N+](C)(C)CC1)C(=O)O. The lowest BCUT2D eigenvalue weighted by Crippen LogP contribution is -2.48. The molecule has 0 aromatic rings. The summed E-state index contributed by atoms with van der Waals surface area (Å²) in [5.74, 6) is -0.111. The van der Waals surface area contributed by atoms with Crippen molar-refractivity contribution >= 4 is 5.97 Å². The van der Waals surface area contributed by atoms with Gasteiger partial charge >= 0.3 is 5.97 Å². The molecule has 1 saturated heterocycles. The number of aliphatic carboxylic acids is 1. The standard InChI is InChI=1S/C11H22N2O2/c1-9(11(14)15)12-8-10-4-6-13(2,3)7-5-10/h9-10,12H,4-8H2,1-3H3/p+1/t9-/m0/s1. The van der Waals surface area contributed by atoms with Gasteiger partial charge in [0.1, 0.15) is 6.04 Å². The molecule has 0 aromatic heterocycles. The first-order chi connectivity index (χ1) is 6.91. The maximum atomic E-state index is 10.6. The molecule has 0 spiro atoms. The Labute approximate surface area is 91.9 Å². The van der Waals surface area contributed by atoms with Gasteiger partial charge in [0.05, 0.1) is 27.2 Å². The average molecular weight is 215 g/mol. The van der Waals surface area contributed by atoms with E-state index >= 15 is 0 Å². The molecular formula is C11H23N2O2+. The number of quaternary nitrogens is 1. The van der Waals surface area contributed by atoms with Crippen LogP contribution in [0.4, 0.5) is 0 Å². The Morgan fingerprint density at radius 1 is 1.47 bits per heavy atom. The summed E-state index contributed by atoms with van der Waals surface area (Å²) in [6, 6.07) is -0.422. The number of hydrogen-bond acceptors (Lipinski definition) is 2. The minimum absolute atomic E-state index is 0.422. The first-order valence-corrected chi connectivity index (χ1v) is 5.69. The van der Waals surface area contributed by atoms with Crippen molar-refractivity contribution in [3.05, 3.63) is 0 Å². The van der Waals surface area contributed by atoms with Crippen molar-refractivity contribution in [2.45, 2.75) is 25.8 Å². The summed E-state index contributed by atoms with van der Waals surface area (Å²) >= 11 is 0. The van der Waals surface area contributed by atoms with Crippen LogP contribution >= 0.6 is 0 Å². The van der Waals surface area contributed by atoms with Crippen LogP contribution in [0.25, 0.3) is 0 Å². The number of carboxylic acid groups (broad SMARTS) is 1. The van der Waals surface area contributed by atoms with Crippen molar-refractivity contribution in [1.29, 1.82) is 0 Å². The fraction of sp³-hybridized carbons (Fsp3) is 0.909. The van der Waals surface area contributed by atoms with Crippen LogP contribution in [0.5, 0.6) is 0 Å². The van der Waals surface area contributed by atoms with E-state index < -0.39 is 12.0 Å². The number of carboxylic acids is 1. The molecule has 4 heteroatoms. The third-order valence-corrected chi connectivity index (χ3v) is 3.37. The van der Waals surface area contributed by atoms with E-state index in [9.17, 15) is 4.79 Å². The molecule has 0 bridgehead atoms. The molecule has 0 unspecified atom stereocenters.